The van der Waals surface area contributed by atoms with Gasteiger partial charge < -0.3 is 4.74 Å². The van der Waals surface area contributed by atoms with Crippen LogP contribution in [0.3, 0.4) is 0 Å². The molecule has 0 spiro atoms. The van der Waals surface area contributed by atoms with E-state index in [1.807, 2.05) is 6.92 Å². The third-order valence-corrected chi connectivity index (χ3v) is 2.72. The molecule has 0 aliphatic heterocycles. The normalized spacial score (nSPS) is 27.1. The molecular weight excluding hydrogens is 176 g/mol. The first-order valence-corrected chi connectivity index (χ1v) is 5.03. The molecule has 0 aromatic heterocycles. The van der Waals surface area contributed by atoms with Crippen LogP contribution in [0.15, 0.2) is 24.3 Å². The summed E-state index contributed by atoms with van der Waals surface area (Å²) >= 11 is 0. The monoisotopic (exact) mass is 194 g/mol. The van der Waals surface area contributed by atoms with Gasteiger partial charge in [0, 0.05) is 12.8 Å². The molecule has 78 valence electrons. The van der Waals surface area contributed by atoms with Crippen molar-refractivity contribution in [1.82, 2.24) is 0 Å². The van der Waals surface area contributed by atoms with Crippen molar-refractivity contribution in [3.63, 3.8) is 0 Å². The highest BCUT2D eigenvalue weighted by atomic mass is 16.5. The number of carbonyl (C=O) groups is 1. The van der Waals surface area contributed by atoms with Gasteiger partial charge in [0.2, 0.25) is 0 Å². The first kappa shape index (κ1) is 11.0. The van der Waals surface area contributed by atoms with Crippen LogP contribution in [-0.2, 0) is 9.53 Å². The van der Waals surface area contributed by atoms with E-state index in [-0.39, 0.29) is 12.1 Å². The molecule has 0 amide bonds. The lowest BCUT2D eigenvalue weighted by atomic mass is 9.79. The maximum atomic E-state index is 10.8. The molecule has 1 aliphatic carbocycles. The van der Waals surface area contributed by atoms with E-state index in [1.54, 1.807) is 0 Å². The minimum absolute atomic E-state index is 0.0945. The minimum Gasteiger partial charge on any atom is -0.458 e. The summed E-state index contributed by atoms with van der Waals surface area (Å²) in [7, 11) is 0. The smallest absolute Gasteiger partial charge is 0.303 e. The molecule has 14 heavy (non-hydrogen) atoms. The van der Waals surface area contributed by atoms with Gasteiger partial charge in [0.15, 0.2) is 0 Å². The minimum atomic E-state index is -0.224. The SMILES string of the molecule is C=C(C)[C@H]1CCC[C@H](OC(C)=O)C1=C. The molecule has 2 atom stereocenters. The van der Waals surface area contributed by atoms with Crippen molar-refractivity contribution in [2.75, 3.05) is 0 Å². The van der Waals surface area contributed by atoms with Crippen LogP contribution in [0.25, 0.3) is 0 Å². The van der Waals surface area contributed by atoms with Crippen LogP contribution < -0.4 is 0 Å². The summed E-state index contributed by atoms with van der Waals surface area (Å²) in [6, 6.07) is 0. The van der Waals surface area contributed by atoms with E-state index in [1.165, 1.54) is 6.92 Å². The van der Waals surface area contributed by atoms with Crippen molar-refractivity contribution in [2.45, 2.75) is 39.2 Å². The number of ether oxygens (including phenoxy) is 1. The Labute approximate surface area is 85.6 Å². The van der Waals surface area contributed by atoms with E-state index < -0.39 is 0 Å². The summed E-state index contributed by atoms with van der Waals surface area (Å²) in [6.07, 6.45) is 2.98. The van der Waals surface area contributed by atoms with Crippen LogP contribution in [0.1, 0.15) is 33.1 Å². The summed E-state index contributed by atoms with van der Waals surface area (Å²) in [6.45, 7) is 11.4. The van der Waals surface area contributed by atoms with Crippen molar-refractivity contribution >= 4 is 5.97 Å². The number of hydrogen-bond acceptors (Lipinski definition) is 2. The lowest BCUT2D eigenvalue weighted by Gasteiger charge is -2.31. The molecule has 0 radical (unpaired) electrons. The summed E-state index contributed by atoms with van der Waals surface area (Å²) < 4.78 is 5.20. The van der Waals surface area contributed by atoms with Gasteiger partial charge in [-0.2, -0.15) is 0 Å². The van der Waals surface area contributed by atoms with Gasteiger partial charge in [-0.3, -0.25) is 4.79 Å². The first-order valence-electron chi connectivity index (χ1n) is 5.03. The van der Waals surface area contributed by atoms with Crippen molar-refractivity contribution < 1.29 is 9.53 Å². The zero-order valence-corrected chi connectivity index (χ0v) is 9.01. The molecule has 0 heterocycles. The quantitative estimate of drug-likeness (QED) is 0.499. The Morgan fingerprint density at radius 1 is 1.43 bits per heavy atom. The predicted octanol–water partition coefficient (Wildman–Crippen LogP) is 2.85. The van der Waals surface area contributed by atoms with Crippen molar-refractivity contribution in [1.29, 1.82) is 0 Å². The summed E-state index contributed by atoms with van der Waals surface area (Å²) in [5, 5.41) is 0. The third-order valence-electron chi connectivity index (χ3n) is 2.72. The number of esters is 1. The van der Waals surface area contributed by atoms with E-state index in [0.29, 0.717) is 5.92 Å². The fourth-order valence-electron chi connectivity index (χ4n) is 2.00. The fourth-order valence-corrected chi connectivity index (χ4v) is 2.00. The maximum absolute atomic E-state index is 10.8. The fraction of sp³-hybridized carbons (Fsp3) is 0.583. The highest BCUT2D eigenvalue weighted by molar-refractivity contribution is 5.66. The Bertz CT molecular complexity index is 265. The van der Waals surface area contributed by atoms with Gasteiger partial charge in [0.05, 0.1) is 0 Å². The second-order valence-electron chi connectivity index (χ2n) is 4.00. The summed E-state index contributed by atoms with van der Waals surface area (Å²) in [5.74, 6) is 0.103. The number of allylic oxidation sites excluding steroid dienone is 1. The molecule has 0 aromatic carbocycles. The van der Waals surface area contributed by atoms with Crippen LogP contribution in [0.5, 0.6) is 0 Å². The largest absolute Gasteiger partial charge is 0.458 e. The van der Waals surface area contributed by atoms with E-state index in [9.17, 15) is 4.79 Å². The van der Waals surface area contributed by atoms with Crippen molar-refractivity contribution in [3.05, 3.63) is 24.3 Å². The lowest BCUT2D eigenvalue weighted by molar-refractivity contribution is -0.145. The Balaban J connectivity index is 2.66. The van der Waals surface area contributed by atoms with Gasteiger partial charge >= 0.3 is 5.97 Å². The predicted molar refractivity (Wildman–Crippen MR) is 56.8 cm³/mol. The topological polar surface area (TPSA) is 26.3 Å². The second-order valence-corrected chi connectivity index (χ2v) is 4.00. The standard InChI is InChI=1S/C12H18O2/c1-8(2)11-6-5-7-12(9(11)3)14-10(4)13/h11-12H,1,3,5-7H2,2,4H3/t11-,12+/m1/s1. The average molecular weight is 194 g/mol. The molecule has 0 unspecified atom stereocenters. The Hall–Kier alpha value is -1.05. The third kappa shape index (κ3) is 2.47. The second kappa shape index (κ2) is 4.45. The van der Waals surface area contributed by atoms with E-state index in [2.05, 4.69) is 13.2 Å². The van der Waals surface area contributed by atoms with Gasteiger partial charge in [0.1, 0.15) is 6.10 Å². The van der Waals surface area contributed by atoms with Gasteiger partial charge in [-0.25, -0.2) is 0 Å². The van der Waals surface area contributed by atoms with Gasteiger partial charge in [-0.15, -0.1) is 0 Å². The zero-order chi connectivity index (χ0) is 10.7. The van der Waals surface area contributed by atoms with Crippen molar-refractivity contribution in [2.24, 2.45) is 5.92 Å². The van der Waals surface area contributed by atoms with E-state index in [0.717, 1.165) is 30.4 Å². The summed E-state index contributed by atoms with van der Waals surface area (Å²) in [4.78, 5) is 10.8. The lowest BCUT2D eigenvalue weighted by Crippen LogP contribution is -2.27. The molecule has 1 rings (SSSR count). The van der Waals surface area contributed by atoms with Gasteiger partial charge in [0.25, 0.3) is 0 Å². The first-order chi connectivity index (χ1) is 6.52. The average Bonchev–Trinajstić information content (AvgIpc) is 2.07. The van der Waals surface area contributed by atoms with Crippen LogP contribution in [0.2, 0.25) is 0 Å². The molecule has 1 aliphatic rings. The van der Waals surface area contributed by atoms with Crippen LogP contribution >= 0.6 is 0 Å². The molecule has 1 fully saturated rings. The highest BCUT2D eigenvalue weighted by Gasteiger charge is 2.28. The van der Waals surface area contributed by atoms with Gasteiger partial charge in [-0.05, 0) is 31.8 Å². The van der Waals surface area contributed by atoms with Crippen LogP contribution in [0, 0.1) is 5.92 Å². The van der Waals surface area contributed by atoms with Crippen LogP contribution in [-0.4, -0.2) is 12.1 Å². The zero-order valence-electron chi connectivity index (χ0n) is 9.01. The Kier molecular flexibility index (Phi) is 3.50. The molecule has 0 bridgehead atoms. The number of hydrogen-bond donors (Lipinski definition) is 0. The number of carbonyl (C=O) groups excluding carboxylic acids is 1. The maximum Gasteiger partial charge on any atom is 0.303 e. The van der Waals surface area contributed by atoms with E-state index >= 15 is 0 Å². The molecule has 0 N–H and O–H groups in total. The Morgan fingerprint density at radius 2 is 2.07 bits per heavy atom. The Morgan fingerprint density at radius 3 is 2.57 bits per heavy atom. The molecule has 2 nitrogen and oxygen atoms in total. The van der Waals surface area contributed by atoms with Crippen molar-refractivity contribution in [3.8, 4) is 0 Å². The van der Waals surface area contributed by atoms with Crippen LogP contribution in [0.4, 0.5) is 0 Å². The molecule has 0 saturated heterocycles. The molecule has 2 heteroatoms. The molecular formula is C12H18O2. The number of rotatable bonds is 2. The van der Waals surface area contributed by atoms with E-state index in [4.69, 9.17) is 4.74 Å². The molecule has 1 saturated carbocycles. The molecule has 0 aromatic rings. The summed E-state index contributed by atoms with van der Waals surface area (Å²) in [5.41, 5.74) is 2.13. The highest BCUT2D eigenvalue weighted by Crippen LogP contribution is 2.34. The van der Waals surface area contributed by atoms with Gasteiger partial charge in [-0.1, -0.05) is 18.7 Å².